The standard InChI is InChI=1S/C12H18N2O2/c13-11-3-1-10(2-4-11)12(9-15)14-5-7-16-8-6-14/h1-4,12,15H,5-9,13H2. The van der Waals surface area contributed by atoms with E-state index >= 15 is 0 Å². The molecule has 88 valence electrons. The van der Waals surface area contributed by atoms with Crippen molar-refractivity contribution in [1.82, 2.24) is 4.90 Å². The molecule has 0 bridgehead atoms. The Balaban J connectivity index is 2.11. The van der Waals surface area contributed by atoms with E-state index in [0.717, 1.165) is 37.6 Å². The van der Waals surface area contributed by atoms with Gasteiger partial charge in [0, 0.05) is 18.8 Å². The highest BCUT2D eigenvalue weighted by Gasteiger charge is 2.21. The molecule has 0 saturated carbocycles. The molecule has 1 fully saturated rings. The van der Waals surface area contributed by atoms with Gasteiger partial charge in [0.1, 0.15) is 0 Å². The van der Waals surface area contributed by atoms with E-state index in [1.165, 1.54) is 0 Å². The number of benzene rings is 1. The number of hydrogen-bond acceptors (Lipinski definition) is 4. The summed E-state index contributed by atoms with van der Waals surface area (Å²) in [5.41, 5.74) is 7.51. The first-order valence-corrected chi connectivity index (χ1v) is 5.59. The van der Waals surface area contributed by atoms with Gasteiger partial charge in [-0.25, -0.2) is 0 Å². The molecule has 1 aromatic carbocycles. The van der Waals surface area contributed by atoms with Gasteiger partial charge in [0.15, 0.2) is 0 Å². The molecule has 1 unspecified atom stereocenters. The molecule has 1 aliphatic rings. The monoisotopic (exact) mass is 222 g/mol. The minimum absolute atomic E-state index is 0.0597. The highest BCUT2D eigenvalue weighted by Crippen LogP contribution is 2.22. The van der Waals surface area contributed by atoms with Crippen molar-refractivity contribution >= 4 is 5.69 Å². The van der Waals surface area contributed by atoms with Crippen molar-refractivity contribution in [2.75, 3.05) is 38.6 Å². The van der Waals surface area contributed by atoms with Crippen LogP contribution >= 0.6 is 0 Å². The summed E-state index contributed by atoms with van der Waals surface area (Å²) in [5.74, 6) is 0. The Kier molecular flexibility index (Phi) is 3.77. The van der Waals surface area contributed by atoms with E-state index in [9.17, 15) is 5.11 Å². The summed E-state index contributed by atoms with van der Waals surface area (Å²) < 4.78 is 5.31. The van der Waals surface area contributed by atoms with Crippen molar-refractivity contribution in [3.63, 3.8) is 0 Å². The summed E-state index contributed by atoms with van der Waals surface area (Å²) in [7, 11) is 0. The molecule has 0 spiro atoms. The summed E-state index contributed by atoms with van der Waals surface area (Å²) in [6.45, 7) is 3.35. The lowest BCUT2D eigenvalue weighted by molar-refractivity contribution is 0.00260. The van der Waals surface area contributed by atoms with Crippen molar-refractivity contribution < 1.29 is 9.84 Å². The van der Waals surface area contributed by atoms with Crippen LogP contribution < -0.4 is 5.73 Å². The first-order valence-electron chi connectivity index (χ1n) is 5.59. The molecule has 1 atom stereocenters. The molecule has 0 amide bonds. The smallest absolute Gasteiger partial charge is 0.0628 e. The van der Waals surface area contributed by atoms with Crippen LogP contribution in [0.3, 0.4) is 0 Å². The Labute approximate surface area is 95.6 Å². The first kappa shape index (κ1) is 11.4. The van der Waals surface area contributed by atoms with Gasteiger partial charge < -0.3 is 15.6 Å². The summed E-state index contributed by atoms with van der Waals surface area (Å²) in [6.07, 6.45) is 0. The molecule has 3 N–H and O–H groups in total. The molecule has 0 aromatic heterocycles. The number of nitrogens with zero attached hydrogens (tertiary/aromatic N) is 1. The second-order valence-corrected chi connectivity index (χ2v) is 4.01. The zero-order valence-corrected chi connectivity index (χ0v) is 9.30. The highest BCUT2D eigenvalue weighted by atomic mass is 16.5. The molecule has 4 nitrogen and oxygen atoms in total. The number of ether oxygens (including phenoxy) is 1. The minimum atomic E-state index is 0.0597. The molecule has 2 rings (SSSR count). The SMILES string of the molecule is Nc1ccc(C(CO)N2CCOCC2)cc1. The van der Waals surface area contributed by atoms with Gasteiger partial charge in [0.2, 0.25) is 0 Å². The maximum atomic E-state index is 9.49. The van der Waals surface area contributed by atoms with E-state index in [2.05, 4.69) is 4.90 Å². The fourth-order valence-corrected chi connectivity index (χ4v) is 2.04. The predicted molar refractivity (Wildman–Crippen MR) is 63.1 cm³/mol. The summed E-state index contributed by atoms with van der Waals surface area (Å²) >= 11 is 0. The normalized spacial score (nSPS) is 19.6. The number of aliphatic hydroxyl groups is 1. The topological polar surface area (TPSA) is 58.7 Å². The molecular formula is C12H18N2O2. The Hall–Kier alpha value is -1.10. The van der Waals surface area contributed by atoms with Crippen LogP contribution in [-0.4, -0.2) is 42.9 Å². The van der Waals surface area contributed by atoms with Crippen molar-refractivity contribution in [1.29, 1.82) is 0 Å². The van der Waals surface area contributed by atoms with Crippen LogP contribution in [0.1, 0.15) is 11.6 Å². The van der Waals surface area contributed by atoms with Crippen LogP contribution in [0.25, 0.3) is 0 Å². The second-order valence-electron chi connectivity index (χ2n) is 4.01. The zero-order chi connectivity index (χ0) is 11.4. The number of morpholine rings is 1. The Morgan fingerprint density at radius 1 is 1.25 bits per heavy atom. The van der Waals surface area contributed by atoms with Gasteiger partial charge in [-0.3, -0.25) is 4.90 Å². The summed E-state index contributed by atoms with van der Waals surface area (Å²) in [5, 5.41) is 9.49. The lowest BCUT2D eigenvalue weighted by Crippen LogP contribution is -2.40. The fourth-order valence-electron chi connectivity index (χ4n) is 2.04. The third-order valence-corrected chi connectivity index (χ3v) is 2.98. The maximum absolute atomic E-state index is 9.49. The van der Waals surface area contributed by atoms with Crippen LogP contribution in [-0.2, 0) is 4.74 Å². The Bertz CT molecular complexity index is 320. The molecule has 1 aliphatic heterocycles. The minimum Gasteiger partial charge on any atom is -0.399 e. The summed E-state index contributed by atoms with van der Waals surface area (Å²) in [6, 6.07) is 7.76. The van der Waals surface area contributed by atoms with Crippen LogP contribution in [0, 0.1) is 0 Å². The van der Waals surface area contributed by atoms with Gasteiger partial charge in [-0.05, 0) is 17.7 Å². The molecule has 0 aliphatic carbocycles. The van der Waals surface area contributed by atoms with Gasteiger partial charge in [0.05, 0.1) is 25.9 Å². The van der Waals surface area contributed by atoms with Gasteiger partial charge in [0.25, 0.3) is 0 Å². The third-order valence-electron chi connectivity index (χ3n) is 2.98. The van der Waals surface area contributed by atoms with E-state index in [0.29, 0.717) is 0 Å². The fraction of sp³-hybridized carbons (Fsp3) is 0.500. The van der Waals surface area contributed by atoms with Gasteiger partial charge in [-0.1, -0.05) is 12.1 Å². The average Bonchev–Trinajstić information content (AvgIpc) is 2.34. The maximum Gasteiger partial charge on any atom is 0.0628 e. The van der Waals surface area contributed by atoms with E-state index in [1.807, 2.05) is 24.3 Å². The van der Waals surface area contributed by atoms with E-state index in [1.54, 1.807) is 0 Å². The average molecular weight is 222 g/mol. The number of anilines is 1. The number of nitrogen functional groups attached to an aromatic ring is 1. The molecule has 4 heteroatoms. The quantitative estimate of drug-likeness (QED) is 0.737. The van der Waals surface area contributed by atoms with Crippen molar-refractivity contribution in [2.45, 2.75) is 6.04 Å². The van der Waals surface area contributed by atoms with Crippen molar-refractivity contribution in [3.8, 4) is 0 Å². The lowest BCUT2D eigenvalue weighted by atomic mass is 10.1. The molecule has 1 saturated heterocycles. The molecule has 1 aromatic rings. The number of rotatable bonds is 3. The predicted octanol–water partition coefficient (Wildman–Crippen LogP) is 0.634. The Morgan fingerprint density at radius 3 is 2.44 bits per heavy atom. The number of hydrogen-bond donors (Lipinski definition) is 2. The van der Waals surface area contributed by atoms with Gasteiger partial charge >= 0.3 is 0 Å². The van der Waals surface area contributed by atoms with E-state index < -0.39 is 0 Å². The van der Waals surface area contributed by atoms with Crippen LogP contribution in [0.15, 0.2) is 24.3 Å². The molecular weight excluding hydrogens is 204 g/mol. The number of aliphatic hydroxyl groups excluding tert-OH is 1. The van der Waals surface area contributed by atoms with Crippen molar-refractivity contribution in [2.24, 2.45) is 0 Å². The Morgan fingerprint density at radius 2 is 1.88 bits per heavy atom. The highest BCUT2D eigenvalue weighted by molar-refractivity contribution is 5.40. The molecule has 0 radical (unpaired) electrons. The number of nitrogens with two attached hydrogens (primary N) is 1. The molecule has 16 heavy (non-hydrogen) atoms. The van der Waals surface area contributed by atoms with Gasteiger partial charge in [-0.2, -0.15) is 0 Å². The molecule has 1 heterocycles. The van der Waals surface area contributed by atoms with Crippen LogP contribution in [0.2, 0.25) is 0 Å². The summed E-state index contributed by atoms with van der Waals surface area (Å²) in [4.78, 5) is 2.25. The van der Waals surface area contributed by atoms with Crippen molar-refractivity contribution in [3.05, 3.63) is 29.8 Å². The largest absolute Gasteiger partial charge is 0.399 e. The zero-order valence-electron chi connectivity index (χ0n) is 9.30. The van der Waals surface area contributed by atoms with Crippen LogP contribution in [0.5, 0.6) is 0 Å². The lowest BCUT2D eigenvalue weighted by Gasteiger charge is -2.33. The third kappa shape index (κ3) is 2.52. The first-order chi connectivity index (χ1) is 7.81. The van der Waals surface area contributed by atoms with E-state index in [-0.39, 0.29) is 12.6 Å². The van der Waals surface area contributed by atoms with E-state index in [4.69, 9.17) is 10.5 Å². The second kappa shape index (κ2) is 5.30. The van der Waals surface area contributed by atoms with Gasteiger partial charge in [-0.15, -0.1) is 0 Å². The van der Waals surface area contributed by atoms with Crippen LogP contribution in [0.4, 0.5) is 5.69 Å².